The number of anilines is 2. The molecule has 0 unspecified atom stereocenters. The normalized spacial score (nSPS) is 14.6. The van der Waals surface area contributed by atoms with Crippen LogP contribution in [0.5, 0.6) is 0 Å². The van der Waals surface area contributed by atoms with Crippen molar-refractivity contribution in [1.29, 1.82) is 0 Å². The Bertz CT molecular complexity index is 879. The summed E-state index contributed by atoms with van der Waals surface area (Å²) in [6.45, 7) is 1.94. The van der Waals surface area contributed by atoms with Crippen LogP contribution in [0.25, 0.3) is 0 Å². The van der Waals surface area contributed by atoms with Gasteiger partial charge in [0.2, 0.25) is 11.8 Å². The summed E-state index contributed by atoms with van der Waals surface area (Å²) in [7, 11) is 0. The molecule has 0 bridgehead atoms. The Morgan fingerprint density at radius 1 is 0.923 bits per heavy atom. The van der Waals surface area contributed by atoms with Gasteiger partial charge in [0.05, 0.1) is 5.69 Å². The first-order chi connectivity index (χ1) is 12.4. The molecule has 2 aromatic rings. The highest BCUT2D eigenvalue weighted by atomic mass is 19.2. The van der Waals surface area contributed by atoms with Crippen LogP contribution in [-0.2, 0) is 16.0 Å². The molecule has 0 aliphatic heterocycles. The van der Waals surface area contributed by atoms with E-state index in [1.54, 1.807) is 12.1 Å². The van der Waals surface area contributed by atoms with Crippen molar-refractivity contribution in [2.24, 2.45) is 5.41 Å². The number of aryl methyl sites for hydroxylation is 1. The van der Waals surface area contributed by atoms with Crippen LogP contribution in [0.1, 0.15) is 25.3 Å². The maximum Gasteiger partial charge on any atom is 0.240 e. The van der Waals surface area contributed by atoms with Crippen LogP contribution >= 0.6 is 0 Å². The molecular weight excluding hydrogens is 345 g/mol. The van der Waals surface area contributed by atoms with Crippen molar-refractivity contribution in [1.82, 2.24) is 0 Å². The summed E-state index contributed by atoms with van der Waals surface area (Å²) in [5.41, 5.74) is -0.304. The standard InChI is InChI=1S/C19H17F3N2O2/c1-2-11-5-3-4-6-13(11)23-17(25)19(9-10-19)18(26)24-14-8-7-12(20)15(21)16(14)22/h3-8H,2,9-10H2,1H3,(H,23,25)(H,24,26). The molecule has 0 radical (unpaired) electrons. The zero-order valence-corrected chi connectivity index (χ0v) is 14.0. The van der Waals surface area contributed by atoms with Gasteiger partial charge in [0.15, 0.2) is 17.5 Å². The van der Waals surface area contributed by atoms with Gasteiger partial charge in [-0.2, -0.15) is 0 Å². The van der Waals surface area contributed by atoms with E-state index in [0.29, 0.717) is 31.0 Å². The minimum Gasteiger partial charge on any atom is -0.325 e. The summed E-state index contributed by atoms with van der Waals surface area (Å²) in [4.78, 5) is 25.1. The van der Waals surface area contributed by atoms with Crippen molar-refractivity contribution >= 4 is 23.2 Å². The average molecular weight is 362 g/mol. The third-order valence-electron chi connectivity index (χ3n) is 4.55. The van der Waals surface area contributed by atoms with Gasteiger partial charge in [0.25, 0.3) is 0 Å². The van der Waals surface area contributed by atoms with Crippen molar-refractivity contribution in [2.75, 3.05) is 10.6 Å². The Morgan fingerprint density at radius 3 is 2.15 bits per heavy atom. The number of rotatable bonds is 5. The maximum absolute atomic E-state index is 13.7. The SMILES string of the molecule is CCc1ccccc1NC(=O)C1(C(=O)Nc2ccc(F)c(F)c2F)CC1. The number of halogens is 3. The van der Waals surface area contributed by atoms with Crippen molar-refractivity contribution in [3.05, 3.63) is 59.4 Å². The quantitative estimate of drug-likeness (QED) is 0.623. The molecule has 1 aliphatic rings. The third kappa shape index (κ3) is 3.16. The van der Waals surface area contributed by atoms with E-state index in [2.05, 4.69) is 10.6 Å². The molecule has 1 saturated carbocycles. The van der Waals surface area contributed by atoms with Gasteiger partial charge in [0.1, 0.15) is 5.41 Å². The van der Waals surface area contributed by atoms with Gasteiger partial charge < -0.3 is 10.6 Å². The number of hydrogen-bond acceptors (Lipinski definition) is 2. The summed E-state index contributed by atoms with van der Waals surface area (Å²) in [5, 5.41) is 4.93. The fourth-order valence-electron chi connectivity index (χ4n) is 2.74. The molecule has 7 heteroatoms. The predicted octanol–water partition coefficient (Wildman–Crippen LogP) is 4.02. The second kappa shape index (κ2) is 6.82. The monoisotopic (exact) mass is 362 g/mol. The van der Waals surface area contributed by atoms with Gasteiger partial charge in [-0.3, -0.25) is 9.59 Å². The van der Waals surface area contributed by atoms with Gasteiger partial charge in [-0.1, -0.05) is 25.1 Å². The molecule has 0 saturated heterocycles. The number of hydrogen-bond donors (Lipinski definition) is 2. The highest BCUT2D eigenvalue weighted by Gasteiger charge is 2.56. The second-order valence-corrected chi connectivity index (χ2v) is 6.22. The smallest absolute Gasteiger partial charge is 0.240 e. The summed E-state index contributed by atoms with van der Waals surface area (Å²) in [6, 6.07) is 8.86. The van der Waals surface area contributed by atoms with E-state index in [9.17, 15) is 22.8 Å². The summed E-state index contributed by atoms with van der Waals surface area (Å²) in [5.74, 6) is -5.76. The van der Waals surface area contributed by atoms with Crippen LogP contribution in [-0.4, -0.2) is 11.8 Å². The Morgan fingerprint density at radius 2 is 1.54 bits per heavy atom. The van der Waals surface area contributed by atoms with E-state index in [-0.39, 0.29) is 0 Å². The lowest BCUT2D eigenvalue weighted by Crippen LogP contribution is -2.36. The van der Waals surface area contributed by atoms with Crippen LogP contribution in [0.3, 0.4) is 0 Å². The average Bonchev–Trinajstić information content (AvgIpc) is 3.44. The van der Waals surface area contributed by atoms with Crippen molar-refractivity contribution < 1.29 is 22.8 Å². The molecule has 3 rings (SSSR count). The summed E-state index contributed by atoms with van der Waals surface area (Å²) in [6.07, 6.45) is 1.30. The zero-order valence-electron chi connectivity index (χ0n) is 14.0. The minimum atomic E-state index is -1.67. The Labute approximate surface area is 148 Å². The summed E-state index contributed by atoms with van der Waals surface area (Å²) >= 11 is 0. The van der Waals surface area contributed by atoms with Crippen LogP contribution in [0.4, 0.5) is 24.5 Å². The largest absolute Gasteiger partial charge is 0.325 e. The highest BCUT2D eigenvalue weighted by molar-refractivity contribution is 6.17. The topological polar surface area (TPSA) is 58.2 Å². The molecule has 136 valence electrons. The first-order valence-corrected chi connectivity index (χ1v) is 8.23. The number of carbonyl (C=O) groups is 2. The van der Waals surface area contributed by atoms with Crippen molar-refractivity contribution in [2.45, 2.75) is 26.2 Å². The lowest BCUT2D eigenvalue weighted by Gasteiger charge is -2.17. The molecule has 0 heterocycles. The van der Waals surface area contributed by atoms with E-state index in [1.165, 1.54) is 0 Å². The molecule has 0 aromatic heterocycles. The fourth-order valence-corrected chi connectivity index (χ4v) is 2.74. The number of nitrogens with one attached hydrogen (secondary N) is 2. The fraction of sp³-hybridized carbons (Fsp3) is 0.263. The Hall–Kier alpha value is -2.83. The van der Waals surface area contributed by atoms with Crippen molar-refractivity contribution in [3.8, 4) is 0 Å². The van der Waals surface area contributed by atoms with Gasteiger partial charge >= 0.3 is 0 Å². The van der Waals surface area contributed by atoms with Crippen LogP contribution in [0.15, 0.2) is 36.4 Å². The molecule has 26 heavy (non-hydrogen) atoms. The van der Waals surface area contributed by atoms with E-state index in [4.69, 9.17) is 0 Å². The maximum atomic E-state index is 13.7. The van der Waals surface area contributed by atoms with Crippen LogP contribution < -0.4 is 10.6 Å². The minimum absolute atomic E-state index is 0.296. The molecule has 1 aliphatic carbocycles. The molecule has 2 aromatic carbocycles. The zero-order chi connectivity index (χ0) is 18.9. The molecule has 0 atom stereocenters. The predicted molar refractivity (Wildman–Crippen MR) is 91.1 cm³/mol. The number of amides is 2. The lowest BCUT2D eigenvalue weighted by atomic mass is 10.0. The van der Waals surface area contributed by atoms with E-state index >= 15 is 0 Å². The lowest BCUT2D eigenvalue weighted by molar-refractivity contribution is -0.131. The molecule has 1 fully saturated rings. The van der Waals surface area contributed by atoms with Crippen molar-refractivity contribution in [3.63, 3.8) is 0 Å². The number of carbonyl (C=O) groups excluding carboxylic acids is 2. The van der Waals surface area contributed by atoms with Crippen LogP contribution in [0, 0.1) is 22.9 Å². The van der Waals surface area contributed by atoms with Gasteiger partial charge in [-0.05, 0) is 43.0 Å². The van der Waals surface area contributed by atoms with Gasteiger partial charge in [0, 0.05) is 5.69 Å². The first kappa shape index (κ1) is 18.0. The number of para-hydroxylation sites is 1. The Balaban J connectivity index is 1.77. The molecule has 0 spiro atoms. The molecule has 4 nitrogen and oxygen atoms in total. The van der Waals surface area contributed by atoms with E-state index in [1.807, 2.05) is 19.1 Å². The van der Waals surface area contributed by atoms with E-state index in [0.717, 1.165) is 11.6 Å². The molecular formula is C19H17F3N2O2. The molecule has 2 N–H and O–H groups in total. The highest BCUT2D eigenvalue weighted by Crippen LogP contribution is 2.47. The van der Waals surface area contributed by atoms with Crippen LogP contribution in [0.2, 0.25) is 0 Å². The third-order valence-corrected chi connectivity index (χ3v) is 4.55. The second-order valence-electron chi connectivity index (χ2n) is 6.22. The van der Waals surface area contributed by atoms with E-state index < -0.39 is 40.4 Å². The number of benzene rings is 2. The van der Waals surface area contributed by atoms with Gasteiger partial charge in [-0.15, -0.1) is 0 Å². The molecule has 2 amide bonds. The first-order valence-electron chi connectivity index (χ1n) is 8.23. The van der Waals surface area contributed by atoms with Gasteiger partial charge in [-0.25, -0.2) is 13.2 Å². The Kier molecular flexibility index (Phi) is 4.71. The summed E-state index contributed by atoms with van der Waals surface area (Å²) < 4.78 is 40.0.